The maximum atomic E-state index is 13.1. The van der Waals surface area contributed by atoms with Gasteiger partial charge < -0.3 is 19.5 Å². The molecule has 0 bridgehead atoms. The second kappa shape index (κ2) is 13.5. The molecule has 1 saturated heterocycles. The van der Waals surface area contributed by atoms with Gasteiger partial charge in [-0.3, -0.25) is 19.3 Å². The second-order valence-electron chi connectivity index (χ2n) is 8.75. The van der Waals surface area contributed by atoms with Gasteiger partial charge in [0.15, 0.2) is 11.5 Å². The third kappa shape index (κ3) is 7.12. The summed E-state index contributed by atoms with van der Waals surface area (Å²) >= 11 is 0.787. The molecule has 8 nitrogen and oxygen atoms in total. The molecule has 0 aromatic heterocycles. The number of nitrogens with one attached hydrogen (secondary N) is 1. The van der Waals surface area contributed by atoms with E-state index in [9.17, 15) is 14.4 Å². The highest BCUT2D eigenvalue weighted by molar-refractivity contribution is 8.18. The van der Waals surface area contributed by atoms with Gasteiger partial charge in [0.1, 0.15) is 18.9 Å². The molecule has 1 aliphatic rings. The summed E-state index contributed by atoms with van der Waals surface area (Å²) in [5.74, 6) is 0.742. The van der Waals surface area contributed by atoms with Crippen molar-refractivity contribution < 1.29 is 28.6 Å². The van der Waals surface area contributed by atoms with Gasteiger partial charge in [0.25, 0.3) is 11.1 Å². The SMILES string of the molecule is C=CCc1cc(/C=C2/SC(=O)N(CC(=O)Nc3ccc(OCC)cc3)C2=O)cc(OC)c1OCc1ccccc1. The largest absolute Gasteiger partial charge is 0.494 e. The molecule has 0 aliphatic carbocycles. The minimum absolute atomic E-state index is 0.212. The first-order valence-electron chi connectivity index (χ1n) is 12.7. The van der Waals surface area contributed by atoms with Crippen LogP contribution in [0.4, 0.5) is 10.5 Å². The summed E-state index contributed by atoms with van der Waals surface area (Å²) < 4.78 is 17.1. The number of anilines is 1. The van der Waals surface area contributed by atoms with Crippen LogP contribution in [0.2, 0.25) is 0 Å². The Bertz CT molecular complexity index is 1420. The molecule has 3 amide bonds. The van der Waals surface area contributed by atoms with Crippen molar-refractivity contribution in [2.24, 2.45) is 0 Å². The Hall–Kier alpha value is -4.50. The van der Waals surface area contributed by atoms with E-state index in [1.165, 1.54) is 0 Å². The van der Waals surface area contributed by atoms with E-state index in [1.807, 2.05) is 43.3 Å². The zero-order valence-electron chi connectivity index (χ0n) is 22.3. The van der Waals surface area contributed by atoms with Gasteiger partial charge >= 0.3 is 0 Å². The van der Waals surface area contributed by atoms with Gasteiger partial charge in [-0.15, -0.1) is 6.58 Å². The molecule has 3 aromatic rings. The van der Waals surface area contributed by atoms with Gasteiger partial charge in [0, 0.05) is 11.3 Å². The number of ether oxygens (including phenoxy) is 3. The highest BCUT2D eigenvalue weighted by Crippen LogP contribution is 2.37. The smallest absolute Gasteiger partial charge is 0.294 e. The number of hydrogen-bond acceptors (Lipinski definition) is 7. The van der Waals surface area contributed by atoms with Crippen molar-refractivity contribution in [3.63, 3.8) is 0 Å². The van der Waals surface area contributed by atoms with Crippen LogP contribution in [-0.2, 0) is 22.6 Å². The van der Waals surface area contributed by atoms with Crippen molar-refractivity contribution in [3.8, 4) is 17.2 Å². The summed E-state index contributed by atoms with van der Waals surface area (Å²) in [5.41, 5.74) is 3.03. The van der Waals surface area contributed by atoms with Crippen molar-refractivity contribution >= 4 is 40.6 Å². The predicted octanol–water partition coefficient (Wildman–Crippen LogP) is 6.08. The number of imide groups is 1. The van der Waals surface area contributed by atoms with Crippen LogP contribution < -0.4 is 19.5 Å². The third-order valence-corrected chi connectivity index (χ3v) is 6.79. The number of amides is 3. The lowest BCUT2D eigenvalue weighted by Gasteiger charge is -2.16. The Morgan fingerprint density at radius 3 is 2.48 bits per heavy atom. The number of carbonyl (C=O) groups excluding carboxylic acids is 3. The Labute approximate surface area is 237 Å². The van der Waals surface area contributed by atoms with Crippen LogP contribution in [0.5, 0.6) is 17.2 Å². The van der Waals surface area contributed by atoms with Gasteiger partial charge in [-0.1, -0.05) is 36.4 Å². The first-order chi connectivity index (χ1) is 19.4. The number of hydrogen-bond donors (Lipinski definition) is 1. The van der Waals surface area contributed by atoms with Crippen LogP contribution in [0, 0.1) is 0 Å². The fourth-order valence-electron chi connectivity index (χ4n) is 4.05. The fourth-order valence-corrected chi connectivity index (χ4v) is 4.89. The Kier molecular flexibility index (Phi) is 9.64. The molecule has 1 aliphatic heterocycles. The Morgan fingerprint density at radius 2 is 1.80 bits per heavy atom. The van der Waals surface area contributed by atoms with Crippen molar-refractivity contribution in [1.82, 2.24) is 4.90 Å². The summed E-state index contributed by atoms with van der Waals surface area (Å²) in [7, 11) is 1.54. The first kappa shape index (κ1) is 28.5. The molecule has 0 radical (unpaired) electrons. The van der Waals surface area contributed by atoms with Crippen LogP contribution in [0.3, 0.4) is 0 Å². The lowest BCUT2D eigenvalue weighted by molar-refractivity contribution is -0.127. The lowest BCUT2D eigenvalue weighted by Crippen LogP contribution is -2.36. The Morgan fingerprint density at radius 1 is 1.05 bits per heavy atom. The molecular weight excluding hydrogens is 528 g/mol. The molecule has 4 rings (SSSR count). The van der Waals surface area contributed by atoms with Crippen LogP contribution in [0.1, 0.15) is 23.6 Å². The maximum absolute atomic E-state index is 13.1. The first-order valence-corrected chi connectivity index (χ1v) is 13.5. The van der Waals surface area contributed by atoms with E-state index in [4.69, 9.17) is 14.2 Å². The van der Waals surface area contributed by atoms with E-state index in [1.54, 1.807) is 49.6 Å². The van der Waals surface area contributed by atoms with E-state index in [0.29, 0.717) is 48.1 Å². The van der Waals surface area contributed by atoms with E-state index >= 15 is 0 Å². The van der Waals surface area contributed by atoms with E-state index < -0.39 is 23.6 Å². The van der Waals surface area contributed by atoms with Gasteiger partial charge in [-0.05, 0) is 78.7 Å². The molecule has 0 atom stereocenters. The highest BCUT2D eigenvalue weighted by atomic mass is 32.2. The Balaban J connectivity index is 1.48. The molecule has 1 heterocycles. The van der Waals surface area contributed by atoms with Gasteiger partial charge in [0.05, 0.1) is 18.6 Å². The summed E-state index contributed by atoms with van der Waals surface area (Å²) in [6.45, 7) is 6.22. The van der Waals surface area contributed by atoms with Crippen LogP contribution >= 0.6 is 11.8 Å². The van der Waals surface area contributed by atoms with E-state index in [-0.39, 0.29) is 4.91 Å². The van der Waals surface area contributed by atoms with Crippen LogP contribution in [0.15, 0.2) is 84.3 Å². The molecule has 1 N–H and O–H groups in total. The van der Waals surface area contributed by atoms with E-state index in [0.717, 1.165) is 27.8 Å². The maximum Gasteiger partial charge on any atom is 0.294 e. The molecule has 1 fully saturated rings. The molecule has 0 unspecified atom stereocenters. The number of rotatable bonds is 12. The highest BCUT2D eigenvalue weighted by Gasteiger charge is 2.36. The molecule has 3 aromatic carbocycles. The molecule has 0 saturated carbocycles. The number of allylic oxidation sites excluding steroid dienone is 1. The number of carbonyl (C=O) groups is 3. The molecule has 40 heavy (non-hydrogen) atoms. The summed E-state index contributed by atoms with van der Waals surface area (Å²) in [6.07, 6.45) is 3.88. The number of methoxy groups -OCH3 is 1. The molecule has 9 heteroatoms. The van der Waals surface area contributed by atoms with E-state index in [2.05, 4.69) is 11.9 Å². The van der Waals surface area contributed by atoms with Crippen molar-refractivity contribution in [2.45, 2.75) is 20.0 Å². The van der Waals surface area contributed by atoms with Crippen LogP contribution in [0.25, 0.3) is 6.08 Å². The van der Waals surface area contributed by atoms with Crippen molar-refractivity contribution in [3.05, 3.63) is 101 Å². The molecule has 206 valence electrons. The van der Waals surface area contributed by atoms with Crippen LogP contribution in [-0.4, -0.2) is 42.2 Å². The fraction of sp³-hybridized carbons (Fsp3) is 0.194. The van der Waals surface area contributed by atoms with Crippen molar-refractivity contribution in [1.29, 1.82) is 0 Å². The third-order valence-electron chi connectivity index (χ3n) is 5.89. The number of thioether (sulfide) groups is 1. The quantitative estimate of drug-likeness (QED) is 0.213. The topological polar surface area (TPSA) is 94.2 Å². The zero-order chi connectivity index (χ0) is 28.5. The molecule has 0 spiro atoms. The summed E-state index contributed by atoms with van der Waals surface area (Å²) in [4.78, 5) is 39.4. The van der Waals surface area contributed by atoms with Gasteiger partial charge in [0.2, 0.25) is 5.91 Å². The molecular formula is C31H30N2O6S. The average Bonchev–Trinajstić information content (AvgIpc) is 3.21. The normalized spacial score (nSPS) is 13.8. The lowest BCUT2D eigenvalue weighted by atomic mass is 10.0. The number of benzene rings is 3. The van der Waals surface area contributed by atoms with Gasteiger partial charge in [-0.2, -0.15) is 0 Å². The summed E-state index contributed by atoms with van der Waals surface area (Å²) in [6, 6.07) is 20.3. The summed E-state index contributed by atoms with van der Waals surface area (Å²) in [5, 5.41) is 2.19. The number of nitrogens with zero attached hydrogens (tertiary/aromatic N) is 1. The van der Waals surface area contributed by atoms with Gasteiger partial charge in [-0.25, -0.2) is 0 Å². The second-order valence-corrected chi connectivity index (χ2v) is 9.75. The standard InChI is InChI=1S/C31H30N2O6S/c1-4-9-23-16-22(17-26(37-3)29(23)39-20-21-10-7-6-8-11-21)18-27-30(35)33(31(36)40-27)19-28(34)32-24-12-14-25(15-13-24)38-5-2/h4,6-8,10-18H,1,5,9,19-20H2,2-3H3,(H,32,34)/b27-18+. The minimum atomic E-state index is -0.537. The minimum Gasteiger partial charge on any atom is -0.494 e. The average molecular weight is 559 g/mol. The van der Waals surface area contributed by atoms with Crippen molar-refractivity contribution in [2.75, 3.05) is 25.6 Å². The monoisotopic (exact) mass is 558 g/mol. The zero-order valence-corrected chi connectivity index (χ0v) is 23.2. The predicted molar refractivity (Wildman–Crippen MR) is 157 cm³/mol.